The molecule has 2 atom stereocenters. The van der Waals surface area contributed by atoms with Crippen molar-refractivity contribution in [1.29, 1.82) is 0 Å². The van der Waals surface area contributed by atoms with Gasteiger partial charge < -0.3 is 4.90 Å². The van der Waals surface area contributed by atoms with Crippen LogP contribution in [-0.4, -0.2) is 34.9 Å². The van der Waals surface area contributed by atoms with E-state index in [0.29, 0.717) is 0 Å². The van der Waals surface area contributed by atoms with Gasteiger partial charge in [0.2, 0.25) is 5.91 Å². The van der Waals surface area contributed by atoms with Gasteiger partial charge in [-0.05, 0) is 37.8 Å². The maximum Gasteiger partial charge on any atom is 0.242 e. The van der Waals surface area contributed by atoms with Gasteiger partial charge in [-0.2, -0.15) is 0 Å². The average Bonchev–Trinajstić information content (AvgIpc) is 2.94. The Labute approximate surface area is 121 Å². The second-order valence-corrected chi connectivity index (χ2v) is 6.45. The standard InChI is InChI=1S/C14H18BrN3O/c1-9-10(15)4-7-16-12(9)11-3-5-14(17-11)6-8-18(2)13(14)19/h4,7,11,17H,3,5-6,8H2,1-2H3/t11?,14-/m1/s1. The smallest absolute Gasteiger partial charge is 0.242 e. The van der Waals surface area contributed by atoms with Crippen LogP contribution < -0.4 is 5.32 Å². The predicted octanol–water partition coefficient (Wildman–Crippen LogP) is 2.18. The summed E-state index contributed by atoms with van der Waals surface area (Å²) in [5.74, 6) is 0.239. The van der Waals surface area contributed by atoms with E-state index in [1.54, 1.807) is 0 Å². The highest BCUT2D eigenvalue weighted by molar-refractivity contribution is 9.10. The third kappa shape index (κ3) is 1.99. The SMILES string of the molecule is Cc1c(Br)ccnc1C1CC[C@]2(CCN(C)C2=O)N1. The monoisotopic (exact) mass is 323 g/mol. The van der Waals surface area contributed by atoms with E-state index in [1.165, 1.54) is 0 Å². The zero-order valence-electron chi connectivity index (χ0n) is 11.2. The van der Waals surface area contributed by atoms with E-state index in [9.17, 15) is 4.79 Å². The fraction of sp³-hybridized carbons (Fsp3) is 0.571. The van der Waals surface area contributed by atoms with Crippen LogP contribution in [0.15, 0.2) is 16.7 Å². The summed E-state index contributed by atoms with van der Waals surface area (Å²) in [6, 6.07) is 2.14. The van der Waals surface area contributed by atoms with E-state index in [1.807, 2.05) is 24.2 Å². The van der Waals surface area contributed by atoms with Gasteiger partial charge in [-0.3, -0.25) is 15.1 Å². The molecule has 1 unspecified atom stereocenters. The lowest BCUT2D eigenvalue weighted by atomic mass is 9.96. The molecule has 3 heterocycles. The number of pyridine rings is 1. The number of nitrogens with one attached hydrogen (secondary N) is 1. The van der Waals surface area contributed by atoms with Gasteiger partial charge in [-0.25, -0.2) is 0 Å². The van der Waals surface area contributed by atoms with Crippen LogP contribution in [0.25, 0.3) is 0 Å². The van der Waals surface area contributed by atoms with Crippen molar-refractivity contribution < 1.29 is 4.79 Å². The molecule has 0 bridgehead atoms. The van der Waals surface area contributed by atoms with Crippen LogP contribution in [-0.2, 0) is 4.79 Å². The van der Waals surface area contributed by atoms with Crippen LogP contribution in [0.1, 0.15) is 36.6 Å². The molecule has 5 heteroatoms. The molecule has 0 saturated carbocycles. The summed E-state index contributed by atoms with van der Waals surface area (Å²) in [7, 11) is 1.88. The van der Waals surface area contributed by atoms with E-state index in [4.69, 9.17) is 0 Å². The van der Waals surface area contributed by atoms with Crippen molar-refractivity contribution in [2.24, 2.45) is 0 Å². The van der Waals surface area contributed by atoms with Gasteiger partial charge in [-0.15, -0.1) is 0 Å². The number of carbonyl (C=O) groups excluding carboxylic acids is 1. The fourth-order valence-corrected chi connectivity index (χ4v) is 3.57. The molecule has 1 N–H and O–H groups in total. The first kappa shape index (κ1) is 13.1. The average molecular weight is 324 g/mol. The summed E-state index contributed by atoms with van der Waals surface area (Å²) in [4.78, 5) is 18.6. The first-order valence-corrected chi connectivity index (χ1v) is 7.47. The van der Waals surface area contributed by atoms with Gasteiger partial charge in [0, 0.05) is 24.3 Å². The number of amides is 1. The van der Waals surface area contributed by atoms with Crippen molar-refractivity contribution in [2.45, 2.75) is 37.8 Å². The molecule has 1 aromatic heterocycles. The maximum absolute atomic E-state index is 12.3. The molecule has 2 saturated heterocycles. The van der Waals surface area contributed by atoms with E-state index < -0.39 is 0 Å². The molecule has 2 aliphatic heterocycles. The number of hydrogen-bond acceptors (Lipinski definition) is 3. The molecule has 4 nitrogen and oxygen atoms in total. The highest BCUT2D eigenvalue weighted by Crippen LogP contribution is 2.39. The molecule has 19 heavy (non-hydrogen) atoms. The molecule has 2 fully saturated rings. The highest BCUT2D eigenvalue weighted by atomic mass is 79.9. The van der Waals surface area contributed by atoms with Gasteiger partial charge in [-0.1, -0.05) is 15.9 Å². The number of halogens is 1. The number of hydrogen-bond donors (Lipinski definition) is 1. The largest absolute Gasteiger partial charge is 0.344 e. The van der Waals surface area contributed by atoms with E-state index in [2.05, 4.69) is 33.2 Å². The molecule has 1 spiro atoms. The summed E-state index contributed by atoms with van der Waals surface area (Å²) >= 11 is 3.55. The molecule has 2 aliphatic rings. The Balaban J connectivity index is 1.87. The lowest BCUT2D eigenvalue weighted by molar-refractivity contribution is -0.131. The zero-order chi connectivity index (χ0) is 13.6. The molecule has 1 amide bonds. The zero-order valence-corrected chi connectivity index (χ0v) is 12.8. The lowest BCUT2D eigenvalue weighted by Gasteiger charge is -2.23. The van der Waals surface area contributed by atoms with Crippen molar-refractivity contribution in [2.75, 3.05) is 13.6 Å². The maximum atomic E-state index is 12.3. The van der Waals surface area contributed by atoms with Gasteiger partial charge in [0.25, 0.3) is 0 Å². The van der Waals surface area contributed by atoms with Gasteiger partial charge >= 0.3 is 0 Å². The topological polar surface area (TPSA) is 45.2 Å². The molecular formula is C14H18BrN3O. The first-order chi connectivity index (χ1) is 9.03. The number of nitrogens with zero attached hydrogens (tertiary/aromatic N) is 2. The summed E-state index contributed by atoms with van der Waals surface area (Å²) in [5, 5.41) is 3.56. The van der Waals surface area contributed by atoms with Crippen LogP contribution >= 0.6 is 15.9 Å². The molecule has 0 radical (unpaired) electrons. The highest BCUT2D eigenvalue weighted by Gasteiger charge is 2.50. The number of rotatable bonds is 1. The van der Waals surface area contributed by atoms with Crippen LogP contribution in [0.5, 0.6) is 0 Å². The molecule has 0 aromatic carbocycles. The van der Waals surface area contributed by atoms with Crippen LogP contribution in [0.2, 0.25) is 0 Å². The minimum atomic E-state index is -0.337. The lowest BCUT2D eigenvalue weighted by Crippen LogP contribution is -2.47. The number of likely N-dealkylation sites (tertiary alicyclic amines) is 1. The molecule has 0 aliphatic carbocycles. The summed E-state index contributed by atoms with van der Waals surface area (Å²) < 4.78 is 1.08. The van der Waals surface area contributed by atoms with Crippen molar-refractivity contribution >= 4 is 21.8 Å². The molecule has 3 rings (SSSR count). The number of aromatic nitrogens is 1. The first-order valence-electron chi connectivity index (χ1n) is 6.68. The number of carbonyl (C=O) groups is 1. The van der Waals surface area contributed by atoms with Gasteiger partial charge in [0.1, 0.15) is 5.54 Å². The Morgan fingerprint density at radius 1 is 1.53 bits per heavy atom. The van der Waals surface area contributed by atoms with E-state index in [0.717, 1.165) is 41.5 Å². The van der Waals surface area contributed by atoms with Crippen molar-refractivity contribution in [3.63, 3.8) is 0 Å². The van der Waals surface area contributed by atoms with E-state index in [-0.39, 0.29) is 17.5 Å². The molecular weight excluding hydrogens is 306 g/mol. The third-order valence-electron chi connectivity index (χ3n) is 4.45. The third-order valence-corrected chi connectivity index (χ3v) is 5.31. The van der Waals surface area contributed by atoms with Crippen LogP contribution in [0.3, 0.4) is 0 Å². The number of likely N-dealkylation sites (N-methyl/N-ethyl adjacent to an activating group) is 1. The normalized spacial score (nSPS) is 30.6. The second kappa shape index (κ2) is 4.56. The Morgan fingerprint density at radius 2 is 2.32 bits per heavy atom. The Hall–Kier alpha value is -0.940. The van der Waals surface area contributed by atoms with Crippen molar-refractivity contribution in [3.05, 3.63) is 28.0 Å². The Bertz CT molecular complexity index is 533. The molecule has 1 aromatic rings. The summed E-state index contributed by atoms with van der Waals surface area (Å²) in [6.45, 7) is 2.92. The fourth-order valence-electron chi connectivity index (χ4n) is 3.25. The van der Waals surface area contributed by atoms with Gasteiger partial charge in [0.15, 0.2) is 0 Å². The predicted molar refractivity (Wildman–Crippen MR) is 76.8 cm³/mol. The molecule has 102 valence electrons. The minimum absolute atomic E-state index is 0.188. The second-order valence-electron chi connectivity index (χ2n) is 5.60. The minimum Gasteiger partial charge on any atom is -0.344 e. The van der Waals surface area contributed by atoms with E-state index >= 15 is 0 Å². The van der Waals surface area contributed by atoms with Crippen LogP contribution in [0.4, 0.5) is 0 Å². The summed E-state index contributed by atoms with van der Waals surface area (Å²) in [6.07, 6.45) is 4.62. The Kier molecular flexibility index (Phi) is 3.14. The van der Waals surface area contributed by atoms with Crippen molar-refractivity contribution in [3.8, 4) is 0 Å². The van der Waals surface area contributed by atoms with Crippen molar-refractivity contribution in [1.82, 2.24) is 15.2 Å². The quantitative estimate of drug-likeness (QED) is 0.861. The van der Waals surface area contributed by atoms with Gasteiger partial charge in [0.05, 0.1) is 11.7 Å². The summed E-state index contributed by atoms with van der Waals surface area (Å²) in [5.41, 5.74) is 1.89. The van der Waals surface area contributed by atoms with Crippen LogP contribution in [0, 0.1) is 6.92 Å². The Morgan fingerprint density at radius 3 is 3.00 bits per heavy atom.